The number of hydrogen-bond donors (Lipinski definition) is 2. The van der Waals surface area contributed by atoms with Crippen LogP contribution in [0.15, 0.2) is 29.2 Å². The minimum absolute atomic E-state index is 0.00187. The van der Waals surface area contributed by atoms with Gasteiger partial charge in [0.05, 0.1) is 10.1 Å². The van der Waals surface area contributed by atoms with Crippen molar-refractivity contribution in [2.45, 2.75) is 115 Å². The largest absolute Gasteiger partial charge is 0.415 e. The zero-order valence-electron chi connectivity index (χ0n) is 26.3. The average molecular weight is 624 g/mol. The van der Waals surface area contributed by atoms with Gasteiger partial charge in [0, 0.05) is 26.3 Å². The van der Waals surface area contributed by atoms with Crippen LogP contribution >= 0.6 is 7.60 Å². The lowest BCUT2D eigenvalue weighted by atomic mass is 9.93. The Hall–Kier alpha value is -0.366. The van der Waals surface area contributed by atoms with Crippen LogP contribution in [0.25, 0.3) is 0 Å². The van der Waals surface area contributed by atoms with Crippen molar-refractivity contribution in [1.29, 1.82) is 0 Å². The predicted molar refractivity (Wildman–Crippen MR) is 166 cm³/mol. The Balaban J connectivity index is 3.32. The summed E-state index contributed by atoms with van der Waals surface area (Å²) in [5, 5.41) is -1.34. The quantitative estimate of drug-likeness (QED) is 0.171. The molecule has 228 valence electrons. The van der Waals surface area contributed by atoms with Gasteiger partial charge in [-0.05, 0) is 66.8 Å². The van der Waals surface area contributed by atoms with Gasteiger partial charge in [0.1, 0.15) is 0 Å². The van der Waals surface area contributed by atoms with E-state index in [4.69, 9.17) is 8.85 Å². The van der Waals surface area contributed by atoms with Crippen LogP contribution in [0.4, 0.5) is 0 Å². The summed E-state index contributed by atoms with van der Waals surface area (Å²) in [6.07, 6.45) is 0.475. The second-order valence-corrected chi connectivity index (χ2v) is 26.9. The van der Waals surface area contributed by atoms with Crippen LogP contribution in [0, 0.1) is 0 Å². The van der Waals surface area contributed by atoms with Crippen molar-refractivity contribution in [1.82, 2.24) is 4.31 Å². The van der Waals surface area contributed by atoms with E-state index >= 15 is 0 Å². The molecule has 0 aliphatic rings. The first-order valence-electron chi connectivity index (χ1n) is 13.8. The van der Waals surface area contributed by atoms with Crippen LogP contribution in [-0.2, 0) is 28.6 Å². The van der Waals surface area contributed by atoms with Crippen LogP contribution in [0.1, 0.15) is 73.8 Å². The SMILES string of the molecule is CCC(CC)(c1ccc(S(=O)(=O)N(CCO[Si](C)(C)C(C)(C)C)CCO[Si](C)(C)C(C)(C)C)cc1)P(=O)(O)O. The Kier molecular flexibility index (Phi) is 12.1. The lowest BCUT2D eigenvalue weighted by molar-refractivity contribution is 0.219. The summed E-state index contributed by atoms with van der Waals surface area (Å²) in [5.74, 6) is 0. The zero-order chi connectivity index (χ0) is 30.7. The maximum Gasteiger partial charge on any atom is 0.335 e. The molecular weight excluding hydrogens is 570 g/mol. The van der Waals surface area contributed by atoms with Crippen LogP contribution in [0.2, 0.25) is 36.3 Å². The molecule has 0 spiro atoms. The van der Waals surface area contributed by atoms with E-state index in [0.29, 0.717) is 5.56 Å². The van der Waals surface area contributed by atoms with Crippen molar-refractivity contribution in [3.05, 3.63) is 29.8 Å². The van der Waals surface area contributed by atoms with Crippen molar-refractivity contribution in [3.8, 4) is 0 Å². The molecule has 0 aliphatic carbocycles. The molecule has 0 radical (unpaired) electrons. The van der Waals surface area contributed by atoms with Gasteiger partial charge in [0.25, 0.3) is 0 Å². The highest BCUT2D eigenvalue weighted by Gasteiger charge is 2.45. The van der Waals surface area contributed by atoms with Crippen LogP contribution in [0.5, 0.6) is 0 Å². The molecule has 0 heterocycles. The fourth-order valence-corrected chi connectivity index (χ4v) is 8.70. The molecule has 12 heteroatoms. The third-order valence-electron chi connectivity index (χ3n) is 8.98. The number of sulfonamides is 1. The van der Waals surface area contributed by atoms with Gasteiger partial charge in [-0.3, -0.25) is 4.57 Å². The first kappa shape index (κ1) is 36.7. The molecule has 0 bridgehead atoms. The maximum atomic E-state index is 13.8. The molecule has 39 heavy (non-hydrogen) atoms. The molecule has 1 aromatic rings. The molecular formula is C27H54NO7PSSi2. The normalized spacial score (nSPS) is 14.7. The van der Waals surface area contributed by atoms with E-state index in [0.717, 1.165) is 0 Å². The van der Waals surface area contributed by atoms with Crippen molar-refractivity contribution in [2.24, 2.45) is 0 Å². The van der Waals surface area contributed by atoms with Crippen LogP contribution in [0.3, 0.4) is 0 Å². The summed E-state index contributed by atoms with van der Waals surface area (Å²) >= 11 is 0. The second kappa shape index (κ2) is 12.9. The van der Waals surface area contributed by atoms with Gasteiger partial charge in [-0.2, -0.15) is 4.31 Å². The number of rotatable bonds is 14. The van der Waals surface area contributed by atoms with Gasteiger partial charge in [-0.1, -0.05) is 67.5 Å². The van der Waals surface area contributed by atoms with E-state index in [1.165, 1.54) is 28.6 Å². The smallest absolute Gasteiger partial charge is 0.335 e. The van der Waals surface area contributed by atoms with Gasteiger partial charge in [-0.15, -0.1) is 0 Å². The number of benzene rings is 1. The van der Waals surface area contributed by atoms with E-state index in [1.807, 2.05) is 0 Å². The highest BCUT2D eigenvalue weighted by Crippen LogP contribution is 2.60. The second-order valence-electron chi connectivity index (χ2n) is 13.4. The van der Waals surface area contributed by atoms with E-state index in [2.05, 4.69) is 67.7 Å². The summed E-state index contributed by atoms with van der Waals surface area (Å²) < 4.78 is 54.0. The summed E-state index contributed by atoms with van der Waals surface area (Å²) in [4.78, 5) is 20.3. The summed E-state index contributed by atoms with van der Waals surface area (Å²) in [5.41, 5.74) is 0.439. The third kappa shape index (κ3) is 8.58. The topological polar surface area (TPSA) is 113 Å². The number of nitrogens with zero attached hydrogens (tertiary/aromatic N) is 1. The molecule has 1 rings (SSSR count). The molecule has 0 unspecified atom stereocenters. The molecule has 0 aromatic heterocycles. The molecule has 0 saturated heterocycles. The molecule has 1 aromatic carbocycles. The molecule has 0 amide bonds. The third-order valence-corrected chi connectivity index (χ3v) is 22.0. The van der Waals surface area contributed by atoms with Crippen LogP contribution < -0.4 is 0 Å². The van der Waals surface area contributed by atoms with Gasteiger partial charge in [0.15, 0.2) is 16.6 Å². The highest BCUT2D eigenvalue weighted by molar-refractivity contribution is 7.89. The number of hydrogen-bond acceptors (Lipinski definition) is 5. The summed E-state index contributed by atoms with van der Waals surface area (Å²) in [7, 11) is -12.5. The maximum absolute atomic E-state index is 13.8. The fourth-order valence-electron chi connectivity index (χ4n) is 3.91. The van der Waals surface area contributed by atoms with Gasteiger partial charge < -0.3 is 18.6 Å². The van der Waals surface area contributed by atoms with Crippen molar-refractivity contribution in [3.63, 3.8) is 0 Å². The predicted octanol–water partition coefficient (Wildman–Crippen LogP) is 6.91. The molecule has 0 fully saturated rings. The fraction of sp³-hybridized carbons (Fsp3) is 0.778. The van der Waals surface area contributed by atoms with E-state index in [9.17, 15) is 22.8 Å². The first-order chi connectivity index (χ1) is 17.4. The lowest BCUT2D eigenvalue weighted by Gasteiger charge is -2.37. The Bertz CT molecular complexity index is 1050. The Morgan fingerprint density at radius 2 is 1.15 bits per heavy atom. The molecule has 0 saturated carbocycles. The van der Waals surface area contributed by atoms with Crippen molar-refractivity contribution < 1.29 is 31.6 Å². The van der Waals surface area contributed by atoms with Gasteiger partial charge >= 0.3 is 7.60 Å². The minimum atomic E-state index is -4.48. The van der Waals surface area contributed by atoms with E-state index in [1.54, 1.807) is 13.8 Å². The van der Waals surface area contributed by atoms with E-state index < -0.39 is 39.4 Å². The van der Waals surface area contributed by atoms with Crippen molar-refractivity contribution >= 4 is 34.3 Å². The summed E-state index contributed by atoms with van der Waals surface area (Å²) in [6, 6.07) is 5.98. The Morgan fingerprint density at radius 3 is 1.44 bits per heavy atom. The van der Waals surface area contributed by atoms with Crippen molar-refractivity contribution in [2.75, 3.05) is 26.3 Å². The van der Waals surface area contributed by atoms with Gasteiger partial charge in [0.2, 0.25) is 10.0 Å². The minimum Gasteiger partial charge on any atom is -0.415 e. The Labute approximate surface area is 240 Å². The lowest BCUT2D eigenvalue weighted by Crippen LogP contribution is -2.45. The molecule has 8 nitrogen and oxygen atoms in total. The monoisotopic (exact) mass is 623 g/mol. The van der Waals surface area contributed by atoms with E-state index in [-0.39, 0.29) is 54.1 Å². The molecule has 0 atom stereocenters. The highest BCUT2D eigenvalue weighted by atomic mass is 32.2. The molecule has 2 N–H and O–H groups in total. The summed E-state index contributed by atoms with van der Waals surface area (Å²) in [6.45, 7) is 25.8. The van der Waals surface area contributed by atoms with Gasteiger partial charge in [-0.25, -0.2) is 8.42 Å². The Morgan fingerprint density at radius 1 is 0.795 bits per heavy atom. The molecule has 0 aliphatic heterocycles. The average Bonchev–Trinajstić information content (AvgIpc) is 2.77. The zero-order valence-corrected chi connectivity index (χ0v) is 30.0. The van der Waals surface area contributed by atoms with Crippen LogP contribution in [-0.4, -0.2) is 65.4 Å². The standard InChI is InChI=1S/C27H54NO7PSSi2/c1-13-27(14-2,36(29,30)31)23-15-17-24(18-16-23)37(32,33)28(19-21-34-38(9,10)25(3,4)5)20-22-35-39(11,12)26(6,7)8/h15-18H,13-14,19-22H2,1-12H3,(H2,29,30,31). The first-order valence-corrected chi connectivity index (χ1v) is 22.7.